The number of hydrogen-bond donors (Lipinski definition) is 2. The molecular weight excluding hydrogens is 224 g/mol. The molecule has 1 atom stereocenters. The molecule has 0 bridgehead atoms. The van der Waals surface area contributed by atoms with Crippen molar-refractivity contribution in [3.05, 3.63) is 24.3 Å². The summed E-state index contributed by atoms with van der Waals surface area (Å²) < 4.78 is 0. The Morgan fingerprint density at radius 1 is 1.22 bits per heavy atom. The lowest BCUT2D eigenvalue weighted by molar-refractivity contribution is -0.115. The fourth-order valence-electron chi connectivity index (χ4n) is 1.99. The smallest absolute Gasteiger partial charge is 0.224 e. The minimum Gasteiger partial charge on any atom is -0.383 e. The zero-order chi connectivity index (χ0) is 13.5. The molecule has 0 aliphatic rings. The van der Waals surface area contributed by atoms with Gasteiger partial charge < -0.3 is 10.6 Å². The summed E-state index contributed by atoms with van der Waals surface area (Å²) in [7, 11) is 0. The van der Waals surface area contributed by atoms with E-state index in [0.29, 0.717) is 18.4 Å². The summed E-state index contributed by atoms with van der Waals surface area (Å²) in [5.74, 6) is 0.720. The quantitative estimate of drug-likeness (QED) is 0.802. The molecule has 1 aromatic carbocycles. The lowest BCUT2D eigenvalue weighted by Crippen LogP contribution is -2.17. The molecule has 2 N–H and O–H groups in total. The van der Waals surface area contributed by atoms with Crippen molar-refractivity contribution in [1.29, 1.82) is 0 Å². The summed E-state index contributed by atoms with van der Waals surface area (Å²) in [5.41, 5.74) is 1.90. The van der Waals surface area contributed by atoms with Crippen LogP contribution in [0.15, 0.2) is 24.3 Å². The molecule has 0 aliphatic heterocycles. The average Bonchev–Trinajstić information content (AvgIpc) is 2.28. The maximum absolute atomic E-state index is 11.3. The first kappa shape index (κ1) is 14.6. The first-order valence-electron chi connectivity index (χ1n) is 6.67. The number of amides is 1. The number of nitrogens with one attached hydrogen (secondary N) is 2. The van der Waals surface area contributed by atoms with Crippen LogP contribution in [0.3, 0.4) is 0 Å². The van der Waals surface area contributed by atoms with E-state index < -0.39 is 0 Å². The van der Waals surface area contributed by atoms with Gasteiger partial charge in [-0.15, -0.1) is 0 Å². The van der Waals surface area contributed by atoms with Gasteiger partial charge >= 0.3 is 0 Å². The molecule has 0 aromatic heterocycles. The highest BCUT2D eigenvalue weighted by Crippen LogP contribution is 2.17. The van der Waals surface area contributed by atoms with Gasteiger partial charge in [-0.25, -0.2) is 0 Å². The van der Waals surface area contributed by atoms with Crippen LogP contribution in [0, 0.1) is 5.92 Å². The number of carbonyl (C=O) groups excluding carboxylic acids is 1. The van der Waals surface area contributed by atoms with Gasteiger partial charge in [0.1, 0.15) is 0 Å². The van der Waals surface area contributed by atoms with Gasteiger partial charge in [-0.3, -0.25) is 4.79 Å². The molecule has 1 rings (SSSR count). The maximum atomic E-state index is 11.3. The van der Waals surface area contributed by atoms with Crippen molar-refractivity contribution in [2.24, 2.45) is 5.92 Å². The summed E-state index contributed by atoms with van der Waals surface area (Å²) in [6.07, 6.45) is 1.63. The van der Waals surface area contributed by atoms with Crippen LogP contribution in [0.1, 0.15) is 40.5 Å². The van der Waals surface area contributed by atoms with Crippen LogP contribution in [0.2, 0.25) is 0 Å². The topological polar surface area (TPSA) is 41.1 Å². The molecule has 100 valence electrons. The Kier molecular flexibility index (Phi) is 5.69. The Morgan fingerprint density at radius 3 is 2.50 bits per heavy atom. The minimum absolute atomic E-state index is 0.0439. The molecule has 1 unspecified atom stereocenters. The zero-order valence-corrected chi connectivity index (χ0v) is 11.8. The SMILES string of the molecule is CCC(=O)Nc1cccc(NC(C)CC(C)C)c1. The van der Waals surface area contributed by atoms with Crippen LogP contribution in [0.5, 0.6) is 0 Å². The lowest BCUT2D eigenvalue weighted by atomic mass is 10.1. The monoisotopic (exact) mass is 248 g/mol. The largest absolute Gasteiger partial charge is 0.383 e. The highest BCUT2D eigenvalue weighted by Gasteiger charge is 2.05. The summed E-state index contributed by atoms with van der Waals surface area (Å²) >= 11 is 0. The third kappa shape index (κ3) is 5.21. The summed E-state index contributed by atoms with van der Waals surface area (Å²) in [6, 6.07) is 8.30. The summed E-state index contributed by atoms with van der Waals surface area (Å²) in [4.78, 5) is 11.3. The van der Waals surface area contributed by atoms with Gasteiger partial charge in [-0.2, -0.15) is 0 Å². The van der Waals surface area contributed by atoms with Crippen molar-refractivity contribution in [3.63, 3.8) is 0 Å². The predicted molar refractivity (Wildman–Crippen MR) is 77.9 cm³/mol. The lowest BCUT2D eigenvalue weighted by Gasteiger charge is -2.17. The maximum Gasteiger partial charge on any atom is 0.224 e. The molecule has 3 nitrogen and oxygen atoms in total. The molecule has 0 saturated heterocycles. The molecular formula is C15H24N2O. The average molecular weight is 248 g/mol. The van der Waals surface area contributed by atoms with Gasteiger partial charge in [0.2, 0.25) is 5.91 Å². The standard InChI is InChI=1S/C15H24N2O/c1-5-15(18)17-14-8-6-7-13(10-14)16-12(4)9-11(2)3/h6-8,10-12,16H,5,9H2,1-4H3,(H,17,18). The molecule has 3 heteroatoms. The first-order chi connectivity index (χ1) is 8.51. The Labute approximate surface area is 110 Å². The van der Waals surface area contributed by atoms with E-state index in [4.69, 9.17) is 0 Å². The number of hydrogen-bond acceptors (Lipinski definition) is 2. The van der Waals surface area contributed by atoms with Crippen LogP contribution in [0.25, 0.3) is 0 Å². The van der Waals surface area contributed by atoms with Crippen molar-refractivity contribution >= 4 is 17.3 Å². The van der Waals surface area contributed by atoms with Crippen molar-refractivity contribution < 1.29 is 4.79 Å². The van der Waals surface area contributed by atoms with E-state index in [0.717, 1.165) is 17.8 Å². The van der Waals surface area contributed by atoms with Crippen LogP contribution in [-0.2, 0) is 4.79 Å². The summed E-state index contributed by atoms with van der Waals surface area (Å²) in [6.45, 7) is 8.46. The second-order valence-electron chi connectivity index (χ2n) is 5.16. The molecule has 0 radical (unpaired) electrons. The van der Waals surface area contributed by atoms with Crippen LogP contribution in [-0.4, -0.2) is 11.9 Å². The fourth-order valence-corrected chi connectivity index (χ4v) is 1.99. The third-order valence-electron chi connectivity index (χ3n) is 2.71. The van der Waals surface area contributed by atoms with E-state index in [-0.39, 0.29) is 5.91 Å². The second kappa shape index (κ2) is 7.04. The molecule has 0 aliphatic carbocycles. The minimum atomic E-state index is 0.0439. The number of benzene rings is 1. The highest BCUT2D eigenvalue weighted by molar-refractivity contribution is 5.90. The molecule has 0 spiro atoms. The van der Waals surface area contributed by atoms with Gasteiger partial charge in [0.05, 0.1) is 0 Å². The van der Waals surface area contributed by atoms with Crippen molar-refractivity contribution in [3.8, 4) is 0 Å². The van der Waals surface area contributed by atoms with Crippen molar-refractivity contribution in [2.75, 3.05) is 10.6 Å². The molecule has 1 amide bonds. The van der Waals surface area contributed by atoms with Crippen molar-refractivity contribution in [2.45, 2.75) is 46.6 Å². The Balaban J connectivity index is 2.61. The van der Waals surface area contributed by atoms with E-state index in [9.17, 15) is 4.79 Å². The number of anilines is 2. The van der Waals surface area contributed by atoms with Crippen LogP contribution in [0.4, 0.5) is 11.4 Å². The van der Waals surface area contributed by atoms with Gasteiger partial charge in [0.15, 0.2) is 0 Å². The molecule has 0 fully saturated rings. The van der Waals surface area contributed by atoms with Crippen molar-refractivity contribution in [1.82, 2.24) is 0 Å². The van der Waals surface area contributed by atoms with Gasteiger partial charge in [0, 0.05) is 23.8 Å². The normalized spacial score (nSPS) is 12.3. The first-order valence-corrected chi connectivity index (χ1v) is 6.67. The third-order valence-corrected chi connectivity index (χ3v) is 2.71. The molecule has 18 heavy (non-hydrogen) atoms. The van der Waals surface area contributed by atoms with Crippen LogP contribution < -0.4 is 10.6 Å². The molecule has 1 aromatic rings. The van der Waals surface area contributed by atoms with E-state index in [1.54, 1.807) is 0 Å². The van der Waals surface area contributed by atoms with E-state index in [1.165, 1.54) is 0 Å². The van der Waals surface area contributed by atoms with E-state index in [2.05, 4.69) is 31.4 Å². The number of rotatable bonds is 6. The van der Waals surface area contributed by atoms with Crippen LogP contribution >= 0.6 is 0 Å². The Hall–Kier alpha value is -1.51. The van der Waals surface area contributed by atoms with Gasteiger partial charge in [-0.05, 0) is 37.5 Å². The summed E-state index contributed by atoms with van der Waals surface area (Å²) in [5, 5.41) is 6.32. The second-order valence-corrected chi connectivity index (χ2v) is 5.16. The molecule has 0 saturated carbocycles. The zero-order valence-electron chi connectivity index (χ0n) is 11.8. The Morgan fingerprint density at radius 2 is 1.89 bits per heavy atom. The predicted octanol–water partition coefficient (Wildman–Crippen LogP) is 3.88. The highest BCUT2D eigenvalue weighted by atomic mass is 16.1. The molecule has 0 heterocycles. The number of carbonyl (C=O) groups is 1. The van der Waals surface area contributed by atoms with Gasteiger partial charge in [0.25, 0.3) is 0 Å². The Bertz CT molecular complexity index is 388. The van der Waals surface area contributed by atoms with E-state index >= 15 is 0 Å². The van der Waals surface area contributed by atoms with E-state index in [1.807, 2.05) is 31.2 Å². The fraction of sp³-hybridized carbons (Fsp3) is 0.533. The van der Waals surface area contributed by atoms with Gasteiger partial charge in [-0.1, -0.05) is 26.8 Å².